The van der Waals surface area contributed by atoms with Gasteiger partial charge in [-0.05, 0) is 86.0 Å². The minimum Gasteiger partial charge on any atom is -0.494 e. The quantitative estimate of drug-likeness (QED) is 0.335. The number of benzene rings is 1. The van der Waals surface area contributed by atoms with Crippen LogP contribution in [0.4, 0.5) is 10.5 Å². The summed E-state index contributed by atoms with van der Waals surface area (Å²) in [6, 6.07) is 15.9. The minimum atomic E-state index is -0.142. The predicted octanol–water partition coefficient (Wildman–Crippen LogP) is 7.01. The van der Waals surface area contributed by atoms with Crippen molar-refractivity contribution in [2.45, 2.75) is 45.2 Å². The third-order valence-electron chi connectivity index (χ3n) is 6.67. The van der Waals surface area contributed by atoms with Crippen LogP contribution in [0.25, 0.3) is 5.00 Å². The van der Waals surface area contributed by atoms with Gasteiger partial charge in [-0.25, -0.2) is 4.79 Å². The summed E-state index contributed by atoms with van der Waals surface area (Å²) in [6.45, 7) is 3.19. The molecule has 34 heavy (non-hydrogen) atoms. The number of aryl methyl sites for hydroxylation is 1. The molecule has 0 bridgehead atoms. The molecule has 0 saturated heterocycles. The number of fused-ring (bicyclic) bond motifs is 5. The van der Waals surface area contributed by atoms with E-state index in [0.29, 0.717) is 13.2 Å². The van der Waals surface area contributed by atoms with E-state index in [4.69, 9.17) is 4.74 Å². The molecule has 4 heterocycles. The van der Waals surface area contributed by atoms with E-state index in [2.05, 4.69) is 45.7 Å². The van der Waals surface area contributed by atoms with Crippen molar-refractivity contribution >= 4 is 34.4 Å². The van der Waals surface area contributed by atoms with Crippen molar-refractivity contribution in [1.82, 2.24) is 9.47 Å². The molecule has 0 saturated carbocycles. The van der Waals surface area contributed by atoms with Gasteiger partial charge in [0.2, 0.25) is 0 Å². The van der Waals surface area contributed by atoms with Gasteiger partial charge in [-0.2, -0.15) is 0 Å². The summed E-state index contributed by atoms with van der Waals surface area (Å²) in [6.07, 6.45) is 6.89. The standard InChI is InChI=1S/C27H27N3O2S2/c1-2-32-19-13-11-18(12-14-19)28-27(31)30-17-21-20-7-3-4-9-23(20)34-26(21)29-15-5-8-22(29)25(30)24-10-6-16-33-24/h5-6,8,10-16,25H,2-4,7,9,17H2,1H3,(H,28,31)/t25-/m1/s1. The maximum atomic E-state index is 13.9. The van der Waals surface area contributed by atoms with Crippen LogP contribution in [-0.2, 0) is 19.4 Å². The van der Waals surface area contributed by atoms with E-state index in [1.165, 1.54) is 38.7 Å². The smallest absolute Gasteiger partial charge is 0.323 e. The molecule has 5 nitrogen and oxygen atoms in total. The van der Waals surface area contributed by atoms with Crippen LogP contribution in [0.5, 0.6) is 5.75 Å². The van der Waals surface area contributed by atoms with E-state index >= 15 is 0 Å². The monoisotopic (exact) mass is 489 g/mol. The average Bonchev–Trinajstić information content (AvgIpc) is 3.60. The van der Waals surface area contributed by atoms with Crippen LogP contribution >= 0.6 is 22.7 Å². The zero-order chi connectivity index (χ0) is 23.1. The molecule has 7 heteroatoms. The number of ether oxygens (including phenoxy) is 1. The number of thiophene rings is 2. The van der Waals surface area contributed by atoms with E-state index in [1.807, 2.05) is 47.4 Å². The third kappa shape index (κ3) is 3.73. The van der Waals surface area contributed by atoms with Crippen molar-refractivity contribution in [1.29, 1.82) is 0 Å². The highest BCUT2D eigenvalue weighted by Crippen LogP contribution is 2.44. The van der Waals surface area contributed by atoms with E-state index < -0.39 is 0 Å². The lowest BCUT2D eigenvalue weighted by Gasteiger charge is -2.30. The van der Waals surface area contributed by atoms with E-state index in [1.54, 1.807) is 11.3 Å². The number of carbonyl (C=O) groups excluding carboxylic acids is 1. The second kappa shape index (κ2) is 8.96. The Morgan fingerprint density at radius 3 is 2.74 bits per heavy atom. The Morgan fingerprint density at radius 1 is 1.09 bits per heavy atom. The van der Waals surface area contributed by atoms with Gasteiger partial charge in [0.05, 0.1) is 18.8 Å². The molecule has 0 unspecified atom stereocenters. The molecule has 1 atom stereocenters. The maximum Gasteiger partial charge on any atom is 0.323 e. The maximum absolute atomic E-state index is 13.9. The molecular weight excluding hydrogens is 462 g/mol. The van der Waals surface area contributed by atoms with Gasteiger partial charge >= 0.3 is 6.03 Å². The topological polar surface area (TPSA) is 46.5 Å². The fourth-order valence-corrected chi connectivity index (χ4v) is 7.38. The van der Waals surface area contributed by atoms with Gasteiger partial charge in [0.25, 0.3) is 0 Å². The zero-order valence-corrected chi connectivity index (χ0v) is 20.8. The molecule has 4 aromatic rings. The van der Waals surface area contributed by atoms with Crippen LogP contribution < -0.4 is 10.1 Å². The fourth-order valence-electron chi connectivity index (χ4n) is 5.13. The summed E-state index contributed by atoms with van der Waals surface area (Å²) in [7, 11) is 0. The minimum absolute atomic E-state index is 0.0843. The van der Waals surface area contributed by atoms with Gasteiger partial charge in [0, 0.05) is 27.2 Å². The molecule has 1 N–H and O–H groups in total. The van der Waals surface area contributed by atoms with E-state index in [-0.39, 0.29) is 12.1 Å². The lowest BCUT2D eigenvalue weighted by atomic mass is 9.95. The summed E-state index contributed by atoms with van der Waals surface area (Å²) < 4.78 is 7.88. The summed E-state index contributed by atoms with van der Waals surface area (Å²) in [5.41, 5.74) is 4.70. The Kier molecular flexibility index (Phi) is 5.67. The SMILES string of the molecule is CCOc1ccc(NC(=O)N2Cc3c(sc4c3CCCC4)-n3cccc3[C@@H]2c2cccs2)cc1. The fraction of sp³-hybridized carbons (Fsp3) is 0.296. The molecule has 6 rings (SSSR count). The lowest BCUT2D eigenvalue weighted by molar-refractivity contribution is 0.195. The van der Waals surface area contributed by atoms with Crippen molar-refractivity contribution in [3.05, 3.63) is 86.7 Å². The van der Waals surface area contributed by atoms with Gasteiger partial charge in [0.15, 0.2) is 0 Å². The van der Waals surface area contributed by atoms with Crippen LogP contribution in [0, 0.1) is 0 Å². The van der Waals surface area contributed by atoms with Crippen molar-refractivity contribution in [3.8, 4) is 10.8 Å². The van der Waals surface area contributed by atoms with Gasteiger partial charge in [-0.15, -0.1) is 22.7 Å². The molecule has 3 aromatic heterocycles. The van der Waals surface area contributed by atoms with Crippen molar-refractivity contribution in [2.75, 3.05) is 11.9 Å². The second-order valence-electron chi connectivity index (χ2n) is 8.73. The number of hydrogen-bond acceptors (Lipinski definition) is 4. The molecule has 0 radical (unpaired) electrons. The first kappa shape index (κ1) is 21.5. The van der Waals surface area contributed by atoms with Gasteiger partial charge in [-0.3, -0.25) is 0 Å². The summed E-state index contributed by atoms with van der Waals surface area (Å²) in [5.74, 6) is 0.805. The van der Waals surface area contributed by atoms with Gasteiger partial charge in [0.1, 0.15) is 16.8 Å². The largest absolute Gasteiger partial charge is 0.494 e. The highest BCUT2D eigenvalue weighted by Gasteiger charge is 2.36. The first-order valence-electron chi connectivity index (χ1n) is 11.9. The Bertz CT molecular complexity index is 1300. The summed E-state index contributed by atoms with van der Waals surface area (Å²) >= 11 is 3.62. The number of amides is 2. The van der Waals surface area contributed by atoms with Crippen molar-refractivity contribution in [2.24, 2.45) is 0 Å². The van der Waals surface area contributed by atoms with Gasteiger partial charge < -0.3 is 19.5 Å². The summed E-state index contributed by atoms with van der Waals surface area (Å²) in [5, 5.41) is 6.53. The Morgan fingerprint density at radius 2 is 1.94 bits per heavy atom. The highest BCUT2D eigenvalue weighted by atomic mass is 32.1. The van der Waals surface area contributed by atoms with Crippen LogP contribution in [0.2, 0.25) is 0 Å². The number of rotatable bonds is 4. The van der Waals surface area contributed by atoms with E-state index in [9.17, 15) is 4.79 Å². The van der Waals surface area contributed by atoms with Crippen LogP contribution in [0.15, 0.2) is 60.1 Å². The van der Waals surface area contributed by atoms with Crippen molar-refractivity contribution < 1.29 is 9.53 Å². The lowest BCUT2D eigenvalue weighted by Crippen LogP contribution is -2.37. The highest BCUT2D eigenvalue weighted by molar-refractivity contribution is 7.15. The molecule has 0 spiro atoms. The zero-order valence-electron chi connectivity index (χ0n) is 19.1. The normalized spacial score (nSPS) is 16.9. The van der Waals surface area contributed by atoms with E-state index in [0.717, 1.165) is 30.0 Å². The Hall–Kier alpha value is -3.03. The molecule has 1 aromatic carbocycles. The molecule has 2 amide bonds. The number of nitrogens with zero attached hydrogens (tertiary/aromatic N) is 2. The number of hydrogen-bond donors (Lipinski definition) is 1. The van der Waals surface area contributed by atoms with Crippen LogP contribution in [-0.4, -0.2) is 22.1 Å². The molecule has 0 fully saturated rings. The Balaban J connectivity index is 1.42. The molecule has 174 valence electrons. The number of aromatic nitrogens is 1. The molecule has 1 aliphatic carbocycles. The molecular formula is C27H27N3O2S2. The Labute approximate surface area is 207 Å². The average molecular weight is 490 g/mol. The first-order chi connectivity index (χ1) is 16.7. The van der Waals surface area contributed by atoms with Crippen LogP contribution in [0.3, 0.4) is 0 Å². The molecule has 1 aliphatic heterocycles. The first-order valence-corrected chi connectivity index (χ1v) is 13.6. The number of anilines is 1. The number of urea groups is 1. The summed E-state index contributed by atoms with van der Waals surface area (Å²) in [4.78, 5) is 18.5. The third-order valence-corrected chi connectivity index (χ3v) is 8.93. The van der Waals surface area contributed by atoms with Crippen molar-refractivity contribution in [3.63, 3.8) is 0 Å². The van der Waals surface area contributed by atoms with Crippen LogP contribution in [0.1, 0.15) is 52.4 Å². The predicted molar refractivity (Wildman–Crippen MR) is 139 cm³/mol. The number of carbonyl (C=O) groups is 1. The second-order valence-corrected chi connectivity index (χ2v) is 10.8. The number of nitrogens with one attached hydrogen (secondary N) is 1. The van der Waals surface area contributed by atoms with Gasteiger partial charge in [-0.1, -0.05) is 6.07 Å². The molecule has 2 aliphatic rings.